The highest BCUT2D eigenvalue weighted by molar-refractivity contribution is 5.69. The lowest BCUT2D eigenvalue weighted by Gasteiger charge is -2.35. The van der Waals surface area contributed by atoms with E-state index in [0.717, 1.165) is 50.1 Å². The van der Waals surface area contributed by atoms with Gasteiger partial charge in [0.25, 0.3) is 0 Å². The van der Waals surface area contributed by atoms with Crippen LogP contribution in [0.5, 0.6) is 0 Å². The lowest BCUT2D eigenvalue weighted by Crippen LogP contribution is -3.00. The van der Waals surface area contributed by atoms with Gasteiger partial charge in [-0.05, 0) is 27.2 Å². The summed E-state index contributed by atoms with van der Waals surface area (Å²) in [4.78, 5) is 11.9. The molecule has 0 saturated heterocycles. The largest absolute Gasteiger partial charge is 1.00 e. The first-order valence-electron chi connectivity index (χ1n) is 16.2. The third-order valence-corrected chi connectivity index (χ3v) is 8.20. The molecule has 0 rings (SSSR count). The van der Waals surface area contributed by atoms with Gasteiger partial charge in [-0.15, -0.1) is 0 Å². The van der Waals surface area contributed by atoms with Crippen LogP contribution in [-0.4, -0.2) is 56.5 Å². The molecule has 0 radical (unpaired) electrons. The van der Waals surface area contributed by atoms with E-state index in [4.69, 9.17) is 9.47 Å². The Balaban J connectivity index is 0. The van der Waals surface area contributed by atoms with Gasteiger partial charge in [-0.25, -0.2) is 0 Å². The molecule has 37 heavy (non-hydrogen) atoms. The minimum atomic E-state index is -0.0635. The van der Waals surface area contributed by atoms with Crippen LogP contribution < -0.4 is 12.4 Å². The van der Waals surface area contributed by atoms with Crippen LogP contribution in [0, 0.1) is 0 Å². The van der Waals surface area contributed by atoms with Crippen LogP contribution in [0.3, 0.4) is 0 Å². The van der Waals surface area contributed by atoms with Crippen LogP contribution in [0.15, 0.2) is 0 Å². The Labute approximate surface area is 239 Å². The van der Waals surface area contributed by atoms with Crippen molar-refractivity contribution in [2.75, 3.05) is 46.0 Å². The second-order valence-electron chi connectivity index (χ2n) is 11.0. The average molecular weight is 548 g/mol. The van der Waals surface area contributed by atoms with Crippen LogP contribution in [0.25, 0.3) is 0 Å². The standard InChI is InChI=1S/C32H66NO3.ClH/c1-5-9-10-11-12-13-14-15-16-17-18-19-20-21-22-23-24-25-26-27-32(34)36-31-30-35-29-28-33(6-2,7-3)8-4;/h5-31H2,1-4H3;1H/q+1;/p-1. The van der Waals surface area contributed by atoms with Crippen molar-refractivity contribution in [1.82, 2.24) is 0 Å². The summed E-state index contributed by atoms with van der Waals surface area (Å²) in [6.07, 6.45) is 26.6. The number of quaternary nitrogens is 1. The lowest BCUT2D eigenvalue weighted by atomic mass is 10.0. The van der Waals surface area contributed by atoms with Gasteiger partial charge in [0.2, 0.25) is 0 Å². The maximum Gasteiger partial charge on any atom is 0.305 e. The maximum absolute atomic E-state index is 11.9. The van der Waals surface area contributed by atoms with E-state index in [9.17, 15) is 4.79 Å². The van der Waals surface area contributed by atoms with Gasteiger partial charge in [0.15, 0.2) is 0 Å². The molecule has 0 aliphatic carbocycles. The van der Waals surface area contributed by atoms with E-state index in [1.165, 1.54) is 109 Å². The Morgan fingerprint density at radius 1 is 0.514 bits per heavy atom. The Morgan fingerprint density at radius 2 is 0.892 bits per heavy atom. The molecule has 0 N–H and O–H groups in total. The Bertz CT molecular complexity index is 449. The van der Waals surface area contributed by atoms with Gasteiger partial charge in [-0.1, -0.05) is 122 Å². The lowest BCUT2D eigenvalue weighted by molar-refractivity contribution is -0.923. The van der Waals surface area contributed by atoms with Gasteiger partial charge in [-0.3, -0.25) is 4.79 Å². The number of hydrogen-bond acceptors (Lipinski definition) is 3. The minimum Gasteiger partial charge on any atom is -1.00 e. The molecule has 5 heteroatoms. The Kier molecular flexibility index (Phi) is 31.7. The highest BCUT2D eigenvalue weighted by Crippen LogP contribution is 2.15. The first-order valence-corrected chi connectivity index (χ1v) is 16.2. The van der Waals surface area contributed by atoms with Crippen molar-refractivity contribution < 1.29 is 31.2 Å². The molecule has 4 nitrogen and oxygen atoms in total. The van der Waals surface area contributed by atoms with Gasteiger partial charge in [0.05, 0.1) is 32.8 Å². The van der Waals surface area contributed by atoms with Crippen molar-refractivity contribution >= 4 is 5.97 Å². The third-order valence-electron chi connectivity index (χ3n) is 8.20. The topological polar surface area (TPSA) is 35.5 Å². The number of likely N-dealkylation sites (N-methyl/N-ethyl adjacent to an activating group) is 1. The summed E-state index contributed by atoms with van der Waals surface area (Å²) in [6.45, 7) is 15.1. The SMILES string of the molecule is CCCCCCCCCCCCCCCCCCCCCC(=O)OCCOCC[N+](CC)(CC)CC.[Cl-]. The molecule has 0 saturated carbocycles. The second-order valence-corrected chi connectivity index (χ2v) is 11.0. The van der Waals surface area contributed by atoms with Gasteiger partial charge in [-0.2, -0.15) is 0 Å². The molecular formula is C32H66ClNO3. The molecule has 0 aliphatic rings. The predicted molar refractivity (Wildman–Crippen MR) is 157 cm³/mol. The van der Waals surface area contributed by atoms with E-state index in [-0.39, 0.29) is 18.4 Å². The first-order chi connectivity index (χ1) is 17.6. The quantitative estimate of drug-likeness (QED) is 0.0630. The van der Waals surface area contributed by atoms with Crippen LogP contribution in [0.4, 0.5) is 0 Å². The van der Waals surface area contributed by atoms with Crippen LogP contribution in [0.2, 0.25) is 0 Å². The van der Waals surface area contributed by atoms with Gasteiger partial charge in [0.1, 0.15) is 13.2 Å². The fraction of sp³-hybridized carbons (Fsp3) is 0.969. The number of halogens is 1. The van der Waals surface area contributed by atoms with Crippen molar-refractivity contribution in [3.63, 3.8) is 0 Å². The summed E-state index contributed by atoms with van der Waals surface area (Å²) in [5.41, 5.74) is 0. The maximum atomic E-state index is 11.9. The number of unbranched alkanes of at least 4 members (excludes halogenated alkanes) is 18. The van der Waals surface area contributed by atoms with Crippen LogP contribution >= 0.6 is 0 Å². The summed E-state index contributed by atoms with van der Waals surface area (Å²) >= 11 is 0. The monoisotopic (exact) mass is 547 g/mol. The summed E-state index contributed by atoms with van der Waals surface area (Å²) < 4.78 is 12.1. The summed E-state index contributed by atoms with van der Waals surface area (Å²) in [5.74, 6) is -0.0635. The van der Waals surface area contributed by atoms with Gasteiger partial charge in [0, 0.05) is 6.42 Å². The van der Waals surface area contributed by atoms with E-state index in [1.54, 1.807) is 0 Å². The molecule has 0 aromatic rings. The molecule has 0 fully saturated rings. The van der Waals surface area contributed by atoms with E-state index in [1.807, 2.05) is 0 Å². The minimum absolute atomic E-state index is 0. The number of esters is 1. The molecule has 0 unspecified atom stereocenters. The summed E-state index contributed by atoms with van der Waals surface area (Å²) in [7, 11) is 0. The number of rotatable bonds is 29. The zero-order valence-corrected chi connectivity index (χ0v) is 26.4. The third kappa shape index (κ3) is 25.7. The van der Waals surface area contributed by atoms with Crippen molar-refractivity contribution in [2.24, 2.45) is 0 Å². The number of ether oxygens (including phenoxy) is 2. The van der Waals surface area contributed by atoms with Crippen LogP contribution in [0.1, 0.15) is 156 Å². The van der Waals surface area contributed by atoms with E-state index >= 15 is 0 Å². The molecule has 0 spiro atoms. The zero-order chi connectivity index (χ0) is 26.6. The second kappa shape index (κ2) is 30.2. The van der Waals surface area contributed by atoms with Gasteiger partial charge < -0.3 is 26.4 Å². The molecule has 0 bridgehead atoms. The first kappa shape index (κ1) is 38.8. The molecule has 0 heterocycles. The molecular weight excluding hydrogens is 482 g/mol. The fourth-order valence-corrected chi connectivity index (χ4v) is 5.14. The van der Waals surface area contributed by atoms with E-state index < -0.39 is 0 Å². The van der Waals surface area contributed by atoms with E-state index in [0.29, 0.717) is 19.6 Å². The molecule has 0 aromatic heterocycles. The molecule has 0 amide bonds. The molecule has 0 atom stereocenters. The number of carbonyl (C=O) groups is 1. The van der Waals surface area contributed by atoms with Crippen molar-refractivity contribution in [3.8, 4) is 0 Å². The highest BCUT2D eigenvalue weighted by atomic mass is 35.5. The van der Waals surface area contributed by atoms with Crippen molar-refractivity contribution in [2.45, 2.75) is 156 Å². The smallest absolute Gasteiger partial charge is 0.305 e. The highest BCUT2D eigenvalue weighted by Gasteiger charge is 2.19. The Morgan fingerprint density at radius 3 is 1.27 bits per heavy atom. The van der Waals surface area contributed by atoms with Gasteiger partial charge >= 0.3 is 5.97 Å². The number of hydrogen-bond donors (Lipinski definition) is 0. The fourth-order valence-electron chi connectivity index (χ4n) is 5.14. The summed E-state index contributed by atoms with van der Waals surface area (Å²) in [6, 6.07) is 0. The Hall–Kier alpha value is -0.320. The predicted octanol–water partition coefficient (Wildman–Crippen LogP) is 6.25. The summed E-state index contributed by atoms with van der Waals surface area (Å²) in [5, 5.41) is 0. The molecule has 224 valence electrons. The number of nitrogens with zero attached hydrogens (tertiary/aromatic N) is 1. The molecule has 0 aromatic carbocycles. The molecule has 0 aliphatic heterocycles. The number of carbonyl (C=O) groups excluding carboxylic acids is 1. The van der Waals surface area contributed by atoms with Crippen molar-refractivity contribution in [3.05, 3.63) is 0 Å². The van der Waals surface area contributed by atoms with Crippen LogP contribution in [-0.2, 0) is 14.3 Å². The van der Waals surface area contributed by atoms with Crippen molar-refractivity contribution in [1.29, 1.82) is 0 Å². The van der Waals surface area contributed by atoms with E-state index in [2.05, 4.69) is 27.7 Å². The zero-order valence-electron chi connectivity index (χ0n) is 25.6. The average Bonchev–Trinajstić information content (AvgIpc) is 2.90. The normalized spacial score (nSPS) is 11.5.